The number of benzene rings is 1. The van der Waals surface area contributed by atoms with Crippen molar-refractivity contribution in [3.05, 3.63) is 42.0 Å². The summed E-state index contributed by atoms with van der Waals surface area (Å²) in [5.74, 6) is -0.0962. The largest absolute Gasteiger partial charge is 0.478 e. The van der Waals surface area contributed by atoms with E-state index in [2.05, 4.69) is 6.58 Å². The molecule has 0 saturated carbocycles. The zero-order valence-electron chi connectivity index (χ0n) is 8.69. The Balaban J connectivity index is 2.76. The van der Waals surface area contributed by atoms with E-state index in [-0.39, 0.29) is 0 Å². The summed E-state index contributed by atoms with van der Waals surface area (Å²) < 4.78 is 0. The van der Waals surface area contributed by atoms with Crippen LogP contribution in [0.1, 0.15) is 23.7 Å². The van der Waals surface area contributed by atoms with Crippen LogP contribution in [0.2, 0.25) is 0 Å². The van der Waals surface area contributed by atoms with Crippen molar-refractivity contribution < 1.29 is 9.90 Å². The molecule has 0 bridgehead atoms. The smallest absolute Gasteiger partial charge is 0.336 e. The molecule has 1 aromatic rings. The van der Waals surface area contributed by atoms with Crippen LogP contribution in [0.4, 0.5) is 0 Å². The van der Waals surface area contributed by atoms with Gasteiger partial charge in [-0.2, -0.15) is 0 Å². The maximum Gasteiger partial charge on any atom is 0.336 e. The van der Waals surface area contributed by atoms with Crippen LogP contribution in [-0.4, -0.2) is 16.8 Å². The summed E-state index contributed by atoms with van der Waals surface area (Å²) >= 11 is 1.53. The molecule has 0 heterocycles. The lowest BCUT2D eigenvalue weighted by molar-refractivity contribution is 0.0693. The normalized spacial score (nSPS) is 9.93. The van der Waals surface area contributed by atoms with Crippen LogP contribution < -0.4 is 0 Å². The lowest BCUT2D eigenvalue weighted by atomic mass is 10.2. The highest BCUT2D eigenvalue weighted by atomic mass is 32.2. The number of hydrogen-bond acceptors (Lipinski definition) is 2. The van der Waals surface area contributed by atoms with E-state index in [1.54, 1.807) is 12.1 Å². The first-order valence-electron chi connectivity index (χ1n) is 4.77. The Hall–Kier alpha value is -1.22. The third kappa shape index (κ3) is 3.44. The molecule has 1 N–H and O–H groups in total. The van der Waals surface area contributed by atoms with Gasteiger partial charge in [0.15, 0.2) is 0 Å². The average Bonchev–Trinajstić information content (AvgIpc) is 2.26. The predicted octanol–water partition coefficient (Wildman–Crippen LogP) is 3.44. The zero-order valence-corrected chi connectivity index (χ0v) is 9.51. The van der Waals surface area contributed by atoms with Crippen LogP contribution in [0.25, 0.3) is 0 Å². The second-order valence-corrected chi connectivity index (χ2v) is 4.21. The number of rotatable bonds is 5. The van der Waals surface area contributed by atoms with Gasteiger partial charge in [0.25, 0.3) is 0 Å². The molecule has 0 saturated heterocycles. The van der Waals surface area contributed by atoms with Crippen LogP contribution in [0.5, 0.6) is 0 Å². The van der Waals surface area contributed by atoms with Crippen LogP contribution >= 0.6 is 11.8 Å². The van der Waals surface area contributed by atoms with E-state index >= 15 is 0 Å². The van der Waals surface area contributed by atoms with Crippen molar-refractivity contribution in [1.82, 2.24) is 0 Å². The third-order valence-electron chi connectivity index (χ3n) is 2.05. The van der Waals surface area contributed by atoms with Crippen molar-refractivity contribution >= 4 is 17.7 Å². The summed E-state index contributed by atoms with van der Waals surface area (Å²) in [5, 5.41) is 8.95. The Bertz CT molecular complexity index is 372. The minimum atomic E-state index is -0.875. The van der Waals surface area contributed by atoms with E-state index in [1.807, 2.05) is 19.1 Å². The van der Waals surface area contributed by atoms with Gasteiger partial charge in [-0.3, -0.25) is 0 Å². The fourth-order valence-corrected chi connectivity index (χ4v) is 2.10. The summed E-state index contributed by atoms with van der Waals surface area (Å²) in [5.41, 5.74) is 1.49. The fraction of sp³-hybridized carbons (Fsp3) is 0.250. The summed E-state index contributed by atoms with van der Waals surface area (Å²) in [6.07, 6.45) is 0.933. The van der Waals surface area contributed by atoms with Crippen LogP contribution in [0, 0.1) is 0 Å². The van der Waals surface area contributed by atoms with E-state index in [1.165, 1.54) is 11.8 Å². The molecule has 0 aromatic heterocycles. The van der Waals surface area contributed by atoms with E-state index in [0.29, 0.717) is 5.56 Å². The minimum Gasteiger partial charge on any atom is -0.478 e. The molecule has 0 aliphatic rings. The topological polar surface area (TPSA) is 37.3 Å². The van der Waals surface area contributed by atoms with Gasteiger partial charge < -0.3 is 5.11 Å². The van der Waals surface area contributed by atoms with Gasteiger partial charge in [-0.15, -0.1) is 11.8 Å². The quantitative estimate of drug-likeness (QED) is 0.612. The van der Waals surface area contributed by atoms with Crippen LogP contribution in [0.3, 0.4) is 0 Å². The maximum atomic E-state index is 10.9. The van der Waals surface area contributed by atoms with Gasteiger partial charge in [-0.1, -0.05) is 31.2 Å². The number of carboxylic acid groups (broad SMARTS) is 1. The molecule has 0 radical (unpaired) electrons. The summed E-state index contributed by atoms with van der Waals surface area (Å²) in [6, 6.07) is 7.04. The molecule has 0 spiro atoms. The summed E-state index contributed by atoms with van der Waals surface area (Å²) in [7, 11) is 0. The molecule has 15 heavy (non-hydrogen) atoms. The molecule has 2 nitrogen and oxygen atoms in total. The lowest BCUT2D eigenvalue weighted by Crippen LogP contribution is -1.98. The summed E-state index contributed by atoms with van der Waals surface area (Å²) in [4.78, 5) is 11.7. The molecule has 80 valence electrons. The minimum absolute atomic E-state index is 0.367. The predicted molar refractivity (Wildman–Crippen MR) is 63.6 cm³/mol. The van der Waals surface area contributed by atoms with Gasteiger partial charge in [0.05, 0.1) is 5.56 Å². The average molecular weight is 222 g/mol. The number of thioether (sulfide) groups is 1. The van der Waals surface area contributed by atoms with Crippen molar-refractivity contribution in [2.75, 3.05) is 5.75 Å². The van der Waals surface area contributed by atoms with Gasteiger partial charge in [-0.05, 0) is 18.6 Å². The number of carbonyl (C=O) groups is 1. The highest BCUT2D eigenvalue weighted by Gasteiger charge is 2.08. The van der Waals surface area contributed by atoms with Gasteiger partial charge in [0.2, 0.25) is 0 Å². The molecule has 3 heteroatoms. The van der Waals surface area contributed by atoms with Crippen LogP contribution in [-0.2, 0) is 0 Å². The second-order valence-electron chi connectivity index (χ2n) is 3.19. The van der Waals surface area contributed by atoms with Crippen molar-refractivity contribution in [2.45, 2.75) is 18.2 Å². The number of aromatic carboxylic acids is 1. The summed E-state index contributed by atoms with van der Waals surface area (Å²) in [6.45, 7) is 5.94. The standard InChI is InChI=1S/C12H14O2S/c1-3-9(2)8-15-11-7-5-4-6-10(11)12(13)14/h4-7H,2-3,8H2,1H3,(H,13,14). The Morgan fingerprint density at radius 2 is 2.13 bits per heavy atom. The molecule has 0 aliphatic heterocycles. The molecule has 0 fully saturated rings. The van der Waals surface area contributed by atoms with E-state index in [0.717, 1.165) is 22.6 Å². The van der Waals surface area contributed by atoms with Crippen molar-refractivity contribution in [3.8, 4) is 0 Å². The fourth-order valence-electron chi connectivity index (χ4n) is 1.05. The van der Waals surface area contributed by atoms with Gasteiger partial charge >= 0.3 is 5.97 Å². The maximum absolute atomic E-state index is 10.9. The molecule has 0 aliphatic carbocycles. The Morgan fingerprint density at radius 3 is 2.73 bits per heavy atom. The molecule has 1 aromatic carbocycles. The molecular formula is C12H14O2S. The van der Waals surface area contributed by atoms with Crippen LogP contribution in [0.15, 0.2) is 41.3 Å². The molecule has 0 unspecified atom stereocenters. The van der Waals surface area contributed by atoms with Gasteiger partial charge in [0, 0.05) is 10.6 Å². The lowest BCUT2D eigenvalue weighted by Gasteiger charge is -2.05. The monoisotopic (exact) mass is 222 g/mol. The number of hydrogen-bond donors (Lipinski definition) is 1. The second kappa shape index (κ2) is 5.61. The molecule has 1 rings (SSSR count). The molecule has 0 atom stereocenters. The van der Waals surface area contributed by atoms with E-state index in [9.17, 15) is 4.79 Å². The van der Waals surface area contributed by atoms with Gasteiger partial charge in [-0.25, -0.2) is 4.79 Å². The van der Waals surface area contributed by atoms with E-state index in [4.69, 9.17) is 5.11 Å². The van der Waals surface area contributed by atoms with E-state index < -0.39 is 5.97 Å². The SMILES string of the molecule is C=C(CC)CSc1ccccc1C(=O)O. The zero-order chi connectivity index (χ0) is 11.3. The number of carboxylic acids is 1. The Labute approximate surface area is 94.0 Å². The highest BCUT2D eigenvalue weighted by Crippen LogP contribution is 2.24. The first-order valence-corrected chi connectivity index (χ1v) is 5.75. The first-order chi connectivity index (χ1) is 7.15. The molecule has 0 amide bonds. The first kappa shape index (κ1) is 11.9. The van der Waals surface area contributed by atoms with Crippen molar-refractivity contribution in [3.63, 3.8) is 0 Å². The van der Waals surface area contributed by atoms with Crippen molar-refractivity contribution in [1.29, 1.82) is 0 Å². The molecular weight excluding hydrogens is 208 g/mol. The Morgan fingerprint density at radius 1 is 1.47 bits per heavy atom. The highest BCUT2D eigenvalue weighted by molar-refractivity contribution is 7.99. The Kier molecular flexibility index (Phi) is 4.43. The third-order valence-corrected chi connectivity index (χ3v) is 3.27. The van der Waals surface area contributed by atoms with Gasteiger partial charge in [0.1, 0.15) is 0 Å². The van der Waals surface area contributed by atoms with Crippen molar-refractivity contribution in [2.24, 2.45) is 0 Å².